The monoisotopic (exact) mass is 308 g/mol. The highest BCUT2D eigenvalue weighted by Crippen LogP contribution is 2.25. The third-order valence-corrected chi connectivity index (χ3v) is 5.84. The summed E-state index contributed by atoms with van der Waals surface area (Å²) in [4.78, 5) is 0. The van der Waals surface area contributed by atoms with Crippen molar-refractivity contribution >= 4 is 10.0 Å². The zero-order chi connectivity index (χ0) is 15.3. The van der Waals surface area contributed by atoms with Crippen LogP contribution in [-0.2, 0) is 21.2 Å². The second kappa shape index (κ2) is 7.03. The van der Waals surface area contributed by atoms with Crippen LogP contribution in [0.3, 0.4) is 0 Å². The average molecular weight is 308 g/mol. The Morgan fingerprint density at radius 3 is 2.71 bits per heavy atom. The van der Waals surface area contributed by atoms with Gasteiger partial charge in [0.15, 0.2) is 0 Å². The second-order valence-electron chi connectivity index (χ2n) is 5.22. The fourth-order valence-electron chi connectivity index (χ4n) is 2.70. The van der Waals surface area contributed by atoms with E-state index in [1.54, 1.807) is 19.1 Å². The Morgan fingerprint density at radius 1 is 1.38 bits per heavy atom. The van der Waals surface area contributed by atoms with Gasteiger partial charge in [-0.3, -0.25) is 0 Å². The summed E-state index contributed by atoms with van der Waals surface area (Å²) in [6.07, 6.45) is 1.16. The van der Waals surface area contributed by atoms with Gasteiger partial charge in [0, 0.05) is 19.1 Å². The fourth-order valence-corrected chi connectivity index (χ4v) is 4.41. The lowest BCUT2D eigenvalue weighted by atomic mass is 9.93. The van der Waals surface area contributed by atoms with E-state index in [9.17, 15) is 8.42 Å². The Morgan fingerprint density at radius 2 is 2.10 bits per heavy atom. The van der Waals surface area contributed by atoms with E-state index >= 15 is 0 Å². The Labute approximate surface area is 126 Å². The van der Waals surface area contributed by atoms with Crippen molar-refractivity contribution in [1.82, 2.24) is 4.72 Å². The number of nitriles is 1. The van der Waals surface area contributed by atoms with Crippen LogP contribution in [0.25, 0.3) is 0 Å². The van der Waals surface area contributed by atoms with Crippen molar-refractivity contribution in [3.05, 3.63) is 35.4 Å². The largest absolute Gasteiger partial charge is 0.381 e. The van der Waals surface area contributed by atoms with Crippen LogP contribution in [0.4, 0.5) is 0 Å². The van der Waals surface area contributed by atoms with Crippen LogP contribution in [0.15, 0.2) is 24.3 Å². The molecule has 2 atom stereocenters. The molecule has 0 radical (unpaired) electrons. The molecule has 0 saturated carbocycles. The maximum atomic E-state index is 12.3. The quantitative estimate of drug-likeness (QED) is 0.893. The molecular weight excluding hydrogens is 288 g/mol. The molecule has 6 heteroatoms. The van der Waals surface area contributed by atoms with Gasteiger partial charge in [0.25, 0.3) is 0 Å². The minimum atomic E-state index is -3.30. The van der Waals surface area contributed by atoms with E-state index < -0.39 is 15.3 Å². The van der Waals surface area contributed by atoms with Gasteiger partial charge >= 0.3 is 0 Å². The highest BCUT2D eigenvalue weighted by molar-refractivity contribution is 7.90. The number of hydrogen-bond donors (Lipinski definition) is 1. The molecule has 0 bridgehead atoms. The Balaban J connectivity index is 2.13. The number of rotatable bonds is 5. The summed E-state index contributed by atoms with van der Waals surface area (Å²) in [7, 11) is -3.30. The molecular formula is C15H20N2O3S. The van der Waals surface area contributed by atoms with Crippen molar-refractivity contribution in [2.75, 3.05) is 19.8 Å². The van der Waals surface area contributed by atoms with Gasteiger partial charge in [-0.15, -0.1) is 0 Å². The van der Waals surface area contributed by atoms with Gasteiger partial charge in [0.2, 0.25) is 10.0 Å². The number of nitrogens with zero attached hydrogens (tertiary/aromatic N) is 1. The molecule has 0 aromatic heterocycles. The topological polar surface area (TPSA) is 79.2 Å². The summed E-state index contributed by atoms with van der Waals surface area (Å²) >= 11 is 0. The summed E-state index contributed by atoms with van der Waals surface area (Å²) in [5.74, 6) is -0.0595. The molecule has 1 N–H and O–H groups in total. The second-order valence-corrected chi connectivity index (χ2v) is 7.20. The molecule has 0 spiro atoms. The van der Waals surface area contributed by atoms with Crippen LogP contribution in [0.1, 0.15) is 24.5 Å². The lowest BCUT2D eigenvalue weighted by Gasteiger charge is -2.31. The molecule has 21 heavy (non-hydrogen) atoms. The van der Waals surface area contributed by atoms with Crippen LogP contribution in [0.2, 0.25) is 0 Å². The lowest BCUT2D eigenvalue weighted by Crippen LogP contribution is -2.44. The molecule has 0 aliphatic carbocycles. The van der Waals surface area contributed by atoms with Gasteiger partial charge < -0.3 is 4.74 Å². The minimum absolute atomic E-state index is 0.0595. The zero-order valence-electron chi connectivity index (χ0n) is 12.1. The Kier molecular flexibility index (Phi) is 5.34. The van der Waals surface area contributed by atoms with Crippen LogP contribution < -0.4 is 4.72 Å². The SMILES string of the molecule is CCNS(=O)(=O)[C@@H]1CCOC[C@H]1Cc1ccc(C#N)cc1. The van der Waals surface area contributed by atoms with Crippen molar-refractivity contribution in [1.29, 1.82) is 5.26 Å². The molecule has 114 valence electrons. The summed E-state index contributed by atoms with van der Waals surface area (Å²) in [6, 6.07) is 9.35. The maximum Gasteiger partial charge on any atom is 0.214 e. The molecule has 5 nitrogen and oxygen atoms in total. The molecule has 1 saturated heterocycles. The highest BCUT2D eigenvalue weighted by atomic mass is 32.2. The van der Waals surface area contributed by atoms with E-state index in [2.05, 4.69) is 10.8 Å². The number of ether oxygens (including phenoxy) is 1. The van der Waals surface area contributed by atoms with Crippen LogP contribution >= 0.6 is 0 Å². The van der Waals surface area contributed by atoms with Crippen LogP contribution in [0.5, 0.6) is 0 Å². The van der Waals surface area contributed by atoms with Gasteiger partial charge in [-0.1, -0.05) is 19.1 Å². The van der Waals surface area contributed by atoms with Crippen molar-refractivity contribution in [2.24, 2.45) is 5.92 Å². The van der Waals surface area contributed by atoms with Crippen molar-refractivity contribution in [2.45, 2.75) is 25.0 Å². The van der Waals surface area contributed by atoms with Gasteiger partial charge in [-0.25, -0.2) is 13.1 Å². The molecule has 1 aromatic carbocycles. The summed E-state index contributed by atoms with van der Waals surface area (Å²) < 4.78 is 32.6. The zero-order valence-corrected chi connectivity index (χ0v) is 12.9. The fraction of sp³-hybridized carbons (Fsp3) is 0.533. The minimum Gasteiger partial charge on any atom is -0.381 e. The molecule has 1 aliphatic heterocycles. The standard InChI is InChI=1S/C15H20N2O3S/c1-2-17-21(18,19)15-7-8-20-11-14(15)9-12-3-5-13(10-16)6-4-12/h3-6,14-15,17H,2,7-9,11H2,1H3/t14-,15-/m1/s1. The first kappa shape index (κ1) is 16.0. The number of nitrogens with one attached hydrogen (secondary N) is 1. The van der Waals surface area contributed by atoms with E-state index in [4.69, 9.17) is 10.00 Å². The number of benzene rings is 1. The van der Waals surface area contributed by atoms with E-state index in [0.29, 0.717) is 38.2 Å². The lowest BCUT2D eigenvalue weighted by molar-refractivity contribution is 0.0570. The maximum absolute atomic E-state index is 12.3. The van der Waals surface area contributed by atoms with Crippen molar-refractivity contribution in [3.63, 3.8) is 0 Å². The molecule has 1 aromatic rings. The number of hydrogen-bond acceptors (Lipinski definition) is 4. The molecule has 1 heterocycles. The van der Waals surface area contributed by atoms with Crippen LogP contribution in [-0.4, -0.2) is 33.4 Å². The van der Waals surface area contributed by atoms with E-state index in [0.717, 1.165) is 5.56 Å². The first-order chi connectivity index (χ1) is 10.1. The van der Waals surface area contributed by atoms with Crippen LogP contribution in [0, 0.1) is 17.2 Å². The molecule has 0 amide bonds. The Hall–Kier alpha value is -1.42. The summed E-state index contributed by atoms with van der Waals surface area (Å²) in [5, 5.41) is 8.39. The van der Waals surface area contributed by atoms with E-state index in [1.807, 2.05) is 12.1 Å². The van der Waals surface area contributed by atoms with Gasteiger partial charge in [-0.05, 0) is 30.5 Å². The summed E-state index contributed by atoms with van der Waals surface area (Å²) in [6.45, 7) is 3.13. The number of sulfonamides is 1. The highest BCUT2D eigenvalue weighted by Gasteiger charge is 2.35. The molecule has 0 unspecified atom stereocenters. The first-order valence-corrected chi connectivity index (χ1v) is 8.66. The normalized spacial score (nSPS) is 22.7. The molecule has 2 rings (SSSR count). The van der Waals surface area contributed by atoms with Gasteiger partial charge in [0.1, 0.15) is 0 Å². The smallest absolute Gasteiger partial charge is 0.214 e. The third-order valence-electron chi connectivity index (χ3n) is 3.73. The first-order valence-electron chi connectivity index (χ1n) is 7.12. The Bertz CT molecular complexity index is 605. The van der Waals surface area contributed by atoms with Gasteiger partial charge in [0.05, 0.1) is 23.5 Å². The van der Waals surface area contributed by atoms with Crippen molar-refractivity contribution < 1.29 is 13.2 Å². The predicted octanol–water partition coefficient (Wildman–Crippen LogP) is 1.45. The average Bonchev–Trinajstić information content (AvgIpc) is 2.48. The molecule has 1 aliphatic rings. The van der Waals surface area contributed by atoms with Crippen molar-refractivity contribution in [3.8, 4) is 6.07 Å². The van der Waals surface area contributed by atoms with E-state index in [-0.39, 0.29) is 5.92 Å². The van der Waals surface area contributed by atoms with Gasteiger partial charge in [-0.2, -0.15) is 5.26 Å². The summed E-state index contributed by atoms with van der Waals surface area (Å²) in [5.41, 5.74) is 1.64. The third kappa shape index (κ3) is 4.03. The van der Waals surface area contributed by atoms with E-state index in [1.165, 1.54) is 0 Å². The predicted molar refractivity (Wildman–Crippen MR) is 80.2 cm³/mol. The molecule has 1 fully saturated rings.